The molecule has 0 bridgehead atoms. The van der Waals surface area contributed by atoms with E-state index in [1.165, 1.54) is 14.2 Å². The third kappa shape index (κ3) is 7.93. The summed E-state index contributed by atoms with van der Waals surface area (Å²) in [6.45, 7) is 1.68. The largest absolute Gasteiger partial charge is 0.489 e. The summed E-state index contributed by atoms with van der Waals surface area (Å²) in [6.07, 6.45) is 7.97. The Morgan fingerprint density at radius 2 is 1.46 bits per heavy atom. The van der Waals surface area contributed by atoms with Crippen LogP contribution in [0.4, 0.5) is 5.69 Å². The summed E-state index contributed by atoms with van der Waals surface area (Å²) in [4.78, 5) is 38.5. The summed E-state index contributed by atoms with van der Waals surface area (Å²) < 4.78 is 11.1. The van der Waals surface area contributed by atoms with E-state index < -0.39 is 0 Å². The quantitative estimate of drug-likeness (QED) is 0.111. The Kier molecular flexibility index (Phi) is 11.2. The molecule has 0 radical (unpaired) electrons. The lowest BCUT2D eigenvalue weighted by Gasteiger charge is -2.20. The second-order valence-corrected chi connectivity index (χ2v) is 11.8. The van der Waals surface area contributed by atoms with Crippen molar-refractivity contribution < 1.29 is 23.9 Å². The summed E-state index contributed by atoms with van der Waals surface area (Å²) in [5.41, 5.74) is 2.90. The summed E-state index contributed by atoms with van der Waals surface area (Å²) in [5.74, 6) is -0.504. The molecule has 0 fully saturated rings. The second kappa shape index (κ2) is 14.4. The first-order valence-electron chi connectivity index (χ1n) is 12.5. The molecular formula is C28H33NO5S3. The van der Waals surface area contributed by atoms with Crippen LogP contribution in [-0.4, -0.2) is 31.7 Å². The first-order valence-corrected chi connectivity index (χ1v) is 15.0. The van der Waals surface area contributed by atoms with Crippen LogP contribution in [0.15, 0.2) is 53.0 Å². The van der Waals surface area contributed by atoms with Crippen molar-refractivity contribution in [2.75, 3.05) is 19.5 Å². The zero-order chi connectivity index (χ0) is 26.8. The van der Waals surface area contributed by atoms with Gasteiger partial charge in [0.25, 0.3) is 0 Å². The second-order valence-electron chi connectivity index (χ2n) is 8.92. The number of carbonyl (C=O) groups is 3. The molecule has 1 heterocycles. The summed E-state index contributed by atoms with van der Waals surface area (Å²) in [5, 5.41) is 2.97. The van der Waals surface area contributed by atoms with Crippen molar-refractivity contribution in [2.45, 2.75) is 64.7 Å². The summed E-state index contributed by atoms with van der Waals surface area (Å²) >= 11 is 5.19. The maximum Gasteiger partial charge on any atom is 0.228 e. The van der Waals surface area contributed by atoms with Crippen LogP contribution in [0, 0.1) is 3.82 Å². The number of carbonyl (C=O) groups excluding carboxylic acids is 3. The van der Waals surface area contributed by atoms with Crippen LogP contribution < -0.4 is 5.32 Å². The Hall–Kier alpha value is -2.62. The number of hydrogen-bond donors (Lipinski definition) is 1. The van der Waals surface area contributed by atoms with E-state index >= 15 is 0 Å². The average molecular weight is 560 g/mol. The first-order chi connectivity index (χ1) is 17.8. The molecule has 9 heteroatoms. The van der Waals surface area contributed by atoms with Gasteiger partial charge >= 0.3 is 0 Å². The lowest BCUT2D eigenvalue weighted by atomic mass is 9.89. The Bertz CT molecular complexity index is 1240. The van der Waals surface area contributed by atoms with Crippen molar-refractivity contribution in [1.29, 1.82) is 0 Å². The minimum Gasteiger partial charge on any atom is -0.489 e. The Morgan fingerprint density at radius 3 is 2.05 bits per heavy atom. The van der Waals surface area contributed by atoms with Crippen molar-refractivity contribution in [3.63, 3.8) is 0 Å². The van der Waals surface area contributed by atoms with Gasteiger partial charge in [-0.3, -0.25) is 14.4 Å². The van der Waals surface area contributed by atoms with Gasteiger partial charge in [0, 0.05) is 28.1 Å². The van der Waals surface area contributed by atoms with Crippen LogP contribution >= 0.6 is 32.9 Å². The summed E-state index contributed by atoms with van der Waals surface area (Å²) in [6, 6.07) is 9.87. The fourth-order valence-electron chi connectivity index (χ4n) is 4.28. The number of methoxy groups -OCH3 is 2. The van der Waals surface area contributed by atoms with E-state index in [0.29, 0.717) is 24.0 Å². The highest BCUT2D eigenvalue weighted by Gasteiger charge is 2.34. The van der Waals surface area contributed by atoms with E-state index in [4.69, 9.17) is 21.7 Å². The zero-order valence-corrected chi connectivity index (χ0v) is 24.0. The third-order valence-corrected chi connectivity index (χ3v) is 9.25. The number of unbranched alkanes of at least 4 members (excludes halogenated alkanes) is 6. The Morgan fingerprint density at radius 1 is 0.865 bits per heavy atom. The highest BCUT2D eigenvalue weighted by Crippen LogP contribution is 2.30. The molecule has 198 valence electrons. The number of ether oxygens (including phenoxy) is 2. The molecule has 2 aromatic rings. The maximum absolute atomic E-state index is 12.7. The van der Waals surface area contributed by atoms with Crippen LogP contribution in [-0.2, 0) is 23.9 Å². The number of hydrogen-bond acceptors (Lipinski definition) is 8. The molecule has 0 aliphatic heterocycles. The van der Waals surface area contributed by atoms with Gasteiger partial charge in [0.1, 0.15) is 3.82 Å². The number of Topliss-reactive ketones (excluding diaryl/α,β-unsaturated/α-hetero) is 2. The molecule has 1 aliphatic rings. The van der Waals surface area contributed by atoms with Crippen molar-refractivity contribution in [2.24, 2.45) is 0 Å². The standard InChI is InChI=1S/C28H33NO5S3/c1-18-21(26(32)28(34-3)27(33-2)25(18)31)11-9-7-5-4-6-8-10-12-23(30)29-20-15-13-19(14-16-20)22-17-24(35)37-36-22/h13-17H,4-12H2,1-3H3,(H,29,30). The molecule has 3 rings (SSSR count). The van der Waals surface area contributed by atoms with E-state index in [1.54, 1.807) is 27.6 Å². The van der Waals surface area contributed by atoms with E-state index in [0.717, 1.165) is 64.9 Å². The monoisotopic (exact) mass is 559 g/mol. The van der Waals surface area contributed by atoms with Gasteiger partial charge in [-0.25, -0.2) is 0 Å². The molecule has 1 N–H and O–H groups in total. The number of anilines is 1. The molecule has 0 saturated heterocycles. The topological polar surface area (TPSA) is 81.7 Å². The number of allylic oxidation sites excluding steroid dienone is 2. The molecule has 0 unspecified atom stereocenters. The van der Waals surface area contributed by atoms with Crippen LogP contribution in [0.5, 0.6) is 0 Å². The van der Waals surface area contributed by atoms with E-state index in [9.17, 15) is 14.4 Å². The predicted octanol–water partition coefficient (Wildman–Crippen LogP) is 7.63. The molecular weight excluding hydrogens is 527 g/mol. The van der Waals surface area contributed by atoms with E-state index in [1.807, 2.05) is 30.3 Å². The van der Waals surface area contributed by atoms with E-state index in [2.05, 4.69) is 5.32 Å². The molecule has 37 heavy (non-hydrogen) atoms. The SMILES string of the molecule is COC1=C(OC)C(=O)C(CCCCCCCCCC(=O)Nc2ccc(-c3cc(=S)ss3)cc2)=C(C)C1=O. The van der Waals surface area contributed by atoms with Crippen molar-refractivity contribution in [1.82, 2.24) is 0 Å². The number of rotatable bonds is 14. The fraction of sp³-hybridized carbons (Fsp3) is 0.429. The van der Waals surface area contributed by atoms with Gasteiger partial charge in [-0.05, 0) is 49.9 Å². The van der Waals surface area contributed by atoms with Crippen LogP contribution in [0.3, 0.4) is 0 Å². The first kappa shape index (κ1) is 28.9. The third-order valence-electron chi connectivity index (χ3n) is 6.34. The molecule has 0 saturated carbocycles. The smallest absolute Gasteiger partial charge is 0.228 e. The molecule has 0 atom stereocenters. The number of nitrogens with one attached hydrogen (secondary N) is 1. The minimum atomic E-state index is -0.278. The van der Waals surface area contributed by atoms with Crippen LogP contribution in [0.2, 0.25) is 0 Å². The van der Waals surface area contributed by atoms with Gasteiger partial charge in [-0.2, -0.15) is 0 Å². The molecule has 1 amide bonds. The molecule has 0 spiro atoms. The highest BCUT2D eigenvalue weighted by atomic mass is 32.9. The van der Waals surface area contributed by atoms with Gasteiger partial charge < -0.3 is 14.8 Å². The zero-order valence-electron chi connectivity index (χ0n) is 21.5. The number of amides is 1. The molecule has 1 aliphatic carbocycles. The van der Waals surface area contributed by atoms with Gasteiger partial charge in [0.05, 0.1) is 14.2 Å². The lowest BCUT2D eigenvalue weighted by Crippen LogP contribution is -2.25. The average Bonchev–Trinajstić information content (AvgIpc) is 3.33. The fourth-order valence-corrected chi connectivity index (χ4v) is 6.68. The molecule has 1 aromatic carbocycles. The van der Waals surface area contributed by atoms with Crippen molar-refractivity contribution in [3.05, 3.63) is 56.8 Å². The van der Waals surface area contributed by atoms with Crippen molar-refractivity contribution in [3.8, 4) is 10.4 Å². The predicted molar refractivity (Wildman–Crippen MR) is 152 cm³/mol. The van der Waals surface area contributed by atoms with Gasteiger partial charge in [0.15, 0.2) is 0 Å². The maximum atomic E-state index is 12.7. The highest BCUT2D eigenvalue weighted by molar-refractivity contribution is 7.80. The van der Waals surface area contributed by atoms with Gasteiger partial charge in [-0.15, -0.1) is 0 Å². The minimum absolute atomic E-state index is 0.000656. The molecule has 1 aromatic heterocycles. The lowest BCUT2D eigenvalue weighted by molar-refractivity contribution is -0.121. The number of ketones is 2. The summed E-state index contributed by atoms with van der Waals surface area (Å²) in [7, 11) is 6.00. The molecule has 6 nitrogen and oxygen atoms in total. The van der Waals surface area contributed by atoms with Gasteiger partial charge in [-0.1, -0.05) is 77.1 Å². The van der Waals surface area contributed by atoms with Crippen LogP contribution in [0.25, 0.3) is 10.4 Å². The Balaban J connectivity index is 1.27. The van der Waals surface area contributed by atoms with E-state index in [-0.39, 0.29) is 29.0 Å². The Labute approximate surface area is 230 Å². The normalized spacial score (nSPS) is 13.8. The van der Waals surface area contributed by atoms with Gasteiger partial charge in [0.2, 0.25) is 29.0 Å². The number of benzene rings is 1. The van der Waals surface area contributed by atoms with Crippen LogP contribution in [0.1, 0.15) is 64.7 Å². The van der Waals surface area contributed by atoms with Crippen molar-refractivity contribution >= 4 is 56.1 Å².